The Morgan fingerprint density at radius 2 is 2.12 bits per heavy atom. The highest BCUT2D eigenvalue weighted by atomic mass is 19.1. The van der Waals surface area contributed by atoms with Crippen LogP contribution in [0, 0.1) is 31.0 Å². The summed E-state index contributed by atoms with van der Waals surface area (Å²) in [4.78, 5) is 10.7. The fourth-order valence-electron chi connectivity index (χ4n) is 3.15. The molecule has 1 fully saturated rings. The third-order valence-electron chi connectivity index (χ3n) is 4.16. The molecule has 1 aliphatic heterocycles. The standard InChI is InChI=1S/C18H20FN5/c1-12-8-18(22-13(2)21-12)23-15-4-3-7-24(11-15)17-6-5-14(10-20)9-16(17)19/h5-6,8-9,15H,3-4,7,11H2,1-2H3,(H,21,22,23). The molecule has 0 radical (unpaired) electrons. The maximum Gasteiger partial charge on any atom is 0.147 e. The van der Waals surface area contributed by atoms with Gasteiger partial charge in [-0.15, -0.1) is 0 Å². The molecule has 0 amide bonds. The van der Waals surface area contributed by atoms with Gasteiger partial charge in [-0.3, -0.25) is 0 Å². The van der Waals surface area contributed by atoms with E-state index in [-0.39, 0.29) is 11.9 Å². The molecule has 5 nitrogen and oxygen atoms in total. The van der Waals surface area contributed by atoms with Crippen molar-refractivity contribution in [1.29, 1.82) is 5.26 Å². The smallest absolute Gasteiger partial charge is 0.147 e. The average molecular weight is 325 g/mol. The Morgan fingerprint density at radius 1 is 1.29 bits per heavy atom. The summed E-state index contributed by atoms with van der Waals surface area (Å²) in [7, 11) is 0. The van der Waals surface area contributed by atoms with Gasteiger partial charge in [-0.2, -0.15) is 5.26 Å². The number of nitriles is 1. The summed E-state index contributed by atoms with van der Waals surface area (Å²) in [5, 5.41) is 12.3. The maximum atomic E-state index is 14.2. The number of nitrogens with zero attached hydrogens (tertiary/aromatic N) is 4. The molecular formula is C18H20FN5. The fraction of sp³-hybridized carbons (Fsp3) is 0.389. The molecular weight excluding hydrogens is 305 g/mol. The van der Waals surface area contributed by atoms with Gasteiger partial charge in [-0.25, -0.2) is 14.4 Å². The minimum absolute atomic E-state index is 0.197. The Morgan fingerprint density at radius 3 is 2.83 bits per heavy atom. The molecule has 124 valence electrons. The monoisotopic (exact) mass is 325 g/mol. The zero-order chi connectivity index (χ0) is 17.1. The molecule has 1 aromatic carbocycles. The zero-order valence-corrected chi connectivity index (χ0v) is 13.9. The van der Waals surface area contributed by atoms with E-state index in [9.17, 15) is 4.39 Å². The van der Waals surface area contributed by atoms with E-state index in [2.05, 4.69) is 15.3 Å². The van der Waals surface area contributed by atoms with Crippen LogP contribution in [-0.2, 0) is 0 Å². The van der Waals surface area contributed by atoms with E-state index in [1.54, 1.807) is 12.1 Å². The van der Waals surface area contributed by atoms with Crippen molar-refractivity contribution < 1.29 is 4.39 Å². The molecule has 0 bridgehead atoms. The Labute approximate surface area is 141 Å². The first-order valence-electron chi connectivity index (χ1n) is 8.08. The van der Waals surface area contributed by atoms with E-state index in [1.807, 2.05) is 30.9 Å². The lowest BCUT2D eigenvalue weighted by molar-refractivity contribution is 0.518. The van der Waals surface area contributed by atoms with Gasteiger partial charge < -0.3 is 10.2 Å². The largest absolute Gasteiger partial charge is 0.367 e. The summed E-state index contributed by atoms with van der Waals surface area (Å²) in [6.07, 6.45) is 1.98. The number of nitrogens with one attached hydrogen (secondary N) is 1. The van der Waals surface area contributed by atoms with Crippen LogP contribution < -0.4 is 10.2 Å². The molecule has 3 rings (SSSR count). The summed E-state index contributed by atoms with van der Waals surface area (Å²) < 4.78 is 14.2. The molecule has 0 saturated carbocycles. The third kappa shape index (κ3) is 3.62. The molecule has 1 aromatic heterocycles. The normalized spacial score (nSPS) is 17.4. The summed E-state index contributed by atoms with van der Waals surface area (Å²) in [5.74, 6) is 1.21. The predicted octanol–water partition coefficient (Wildman–Crippen LogP) is 3.19. The Balaban J connectivity index is 1.73. The van der Waals surface area contributed by atoms with Crippen molar-refractivity contribution in [3.63, 3.8) is 0 Å². The second-order valence-electron chi connectivity index (χ2n) is 6.15. The zero-order valence-electron chi connectivity index (χ0n) is 13.9. The molecule has 24 heavy (non-hydrogen) atoms. The van der Waals surface area contributed by atoms with Crippen molar-refractivity contribution in [2.24, 2.45) is 0 Å². The quantitative estimate of drug-likeness (QED) is 0.939. The van der Waals surface area contributed by atoms with Gasteiger partial charge in [0.15, 0.2) is 0 Å². The Bertz CT molecular complexity index is 763. The van der Waals surface area contributed by atoms with Crippen LogP contribution in [0.4, 0.5) is 15.9 Å². The van der Waals surface area contributed by atoms with Gasteiger partial charge in [-0.05, 0) is 44.9 Å². The van der Waals surface area contributed by atoms with Gasteiger partial charge in [0.1, 0.15) is 17.5 Å². The van der Waals surface area contributed by atoms with Crippen LogP contribution in [0.25, 0.3) is 0 Å². The topological polar surface area (TPSA) is 64.8 Å². The number of hydrogen-bond donors (Lipinski definition) is 1. The van der Waals surface area contributed by atoms with Crippen LogP contribution in [0.5, 0.6) is 0 Å². The summed E-state index contributed by atoms with van der Waals surface area (Å²) in [5.41, 5.74) is 1.82. The van der Waals surface area contributed by atoms with E-state index < -0.39 is 0 Å². The second-order valence-corrected chi connectivity index (χ2v) is 6.15. The van der Waals surface area contributed by atoms with Crippen molar-refractivity contribution in [3.05, 3.63) is 47.2 Å². The van der Waals surface area contributed by atoms with E-state index in [0.29, 0.717) is 17.8 Å². The number of hydrogen-bond acceptors (Lipinski definition) is 5. The lowest BCUT2D eigenvalue weighted by Crippen LogP contribution is -2.42. The number of anilines is 2. The van der Waals surface area contributed by atoms with Gasteiger partial charge in [0.2, 0.25) is 0 Å². The van der Waals surface area contributed by atoms with Gasteiger partial charge >= 0.3 is 0 Å². The second kappa shape index (κ2) is 6.83. The minimum atomic E-state index is -0.344. The number of aromatic nitrogens is 2. The minimum Gasteiger partial charge on any atom is -0.367 e. The molecule has 1 atom stereocenters. The van der Waals surface area contributed by atoms with E-state index in [0.717, 1.165) is 36.7 Å². The molecule has 6 heteroatoms. The highest BCUT2D eigenvalue weighted by molar-refractivity contribution is 5.52. The van der Waals surface area contributed by atoms with E-state index in [4.69, 9.17) is 5.26 Å². The van der Waals surface area contributed by atoms with Crippen LogP contribution in [0.2, 0.25) is 0 Å². The van der Waals surface area contributed by atoms with Crippen LogP contribution in [0.3, 0.4) is 0 Å². The van der Waals surface area contributed by atoms with Gasteiger partial charge in [-0.1, -0.05) is 0 Å². The SMILES string of the molecule is Cc1cc(NC2CCCN(c3ccc(C#N)cc3F)C2)nc(C)n1. The van der Waals surface area contributed by atoms with Crippen LogP contribution >= 0.6 is 0 Å². The molecule has 1 aliphatic rings. The number of aryl methyl sites for hydroxylation is 2. The van der Waals surface area contributed by atoms with E-state index in [1.165, 1.54) is 6.07 Å². The number of rotatable bonds is 3. The Hall–Kier alpha value is -2.68. The first-order valence-corrected chi connectivity index (χ1v) is 8.08. The number of benzene rings is 1. The summed E-state index contributed by atoms with van der Waals surface area (Å²) in [6.45, 7) is 5.32. The van der Waals surface area contributed by atoms with Crippen molar-refractivity contribution in [2.45, 2.75) is 32.7 Å². The van der Waals surface area contributed by atoms with Crippen molar-refractivity contribution in [1.82, 2.24) is 9.97 Å². The fourth-order valence-corrected chi connectivity index (χ4v) is 3.15. The van der Waals surface area contributed by atoms with Gasteiger partial charge in [0.05, 0.1) is 17.3 Å². The van der Waals surface area contributed by atoms with Crippen molar-refractivity contribution in [3.8, 4) is 6.07 Å². The van der Waals surface area contributed by atoms with Crippen LogP contribution in [0.1, 0.15) is 29.9 Å². The highest BCUT2D eigenvalue weighted by Crippen LogP contribution is 2.25. The molecule has 0 aliphatic carbocycles. The lowest BCUT2D eigenvalue weighted by atomic mass is 10.0. The van der Waals surface area contributed by atoms with Crippen molar-refractivity contribution >= 4 is 11.5 Å². The van der Waals surface area contributed by atoms with Crippen LogP contribution in [0.15, 0.2) is 24.3 Å². The molecule has 0 spiro atoms. The number of piperidine rings is 1. The number of halogens is 1. The molecule has 2 aromatic rings. The molecule has 1 saturated heterocycles. The maximum absolute atomic E-state index is 14.2. The first kappa shape index (κ1) is 16.2. The van der Waals surface area contributed by atoms with Crippen LogP contribution in [-0.4, -0.2) is 29.1 Å². The Kier molecular flexibility index (Phi) is 4.61. The van der Waals surface area contributed by atoms with E-state index >= 15 is 0 Å². The molecule has 1 N–H and O–H groups in total. The summed E-state index contributed by atoms with van der Waals surface area (Å²) >= 11 is 0. The predicted molar refractivity (Wildman–Crippen MR) is 91.5 cm³/mol. The highest BCUT2D eigenvalue weighted by Gasteiger charge is 2.22. The lowest BCUT2D eigenvalue weighted by Gasteiger charge is -2.35. The van der Waals surface area contributed by atoms with Crippen molar-refractivity contribution in [2.75, 3.05) is 23.3 Å². The third-order valence-corrected chi connectivity index (χ3v) is 4.16. The summed E-state index contributed by atoms with van der Waals surface area (Å²) in [6, 6.07) is 8.73. The molecule has 1 unspecified atom stereocenters. The van der Waals surface area contributed by atoms with Gasteiger partial charge in [0, 0.05) is 30.9 Å². The first-order chi connectivity index (χ1) is 11.5. The average Bonchev–Trinajstić information content (AvgIpc) is 2.54. The molecule has 2 heterocycles. The van der Waals surface area contributed by atoms with Gasteiger partial charge in [0.25, 0.3) is 0 Å².